The van der Waals surface area contributed by atoms with Gasteiger partial charge in [-0.25, -0.2) is 4.98 Å². The first-order chi connectivity index (χ1) is 9.32. The summed E-state index contributed by atoms with van der Waals surface area (Å²) in [4.78, 5) is 6.10. The van der Waals surface area contributed by atoms with Crippen LogP contribution in [0.1, 0.15) is 56.7 Å². The highest BCUT2D eigenvalue weighted by atomic mass is 32.1. The summed E-state index contributed by atoms with van der Waals surface area (Å²) in [5, 5.41) is 1.11. The molecule has 1 aromatic carbocycles. The molecule has 0 N–H and O–H groups in total. The topological polar surface area (TPSA) is 12.9 Å². The smallest absolute Gasteiger partial charge is 0.123 e. The van der Waals surface area contributed by atoms with E-state index in [1.807, 2.05) is 0 Å². The normalized spacial score (nSPS) is 12.2. The van der Waals surface area contributed by atoms with Crippen molar-refractivity contribution in [1.82, 2.24) is 4.98 Å². The van der Waals surface area contributed by atoms with Crippen molar-refractivity contribution in [3.63, 3.8) is 0 Å². The molecule has 108 valence electrons. The van der Waals surface area contributed by atoms with E-state index in [0.717, 1.165) is 10.8 Å². The van der Waals surface area contributed by atoms with Gasteiger partial charge in [0.1, 0.15) is 5.01 Å². The summed E-state index contributed by atoms with van der Waals surface area (Å²) in [5.41, 5.74) is 3.95. The number of nitrogens with zero attached hydrogens (tertiary/aromatic N) is 1. The Hall–Kier alpha value is -0.800. The van der Waals surface area contributed by atoms with Crippen LogP contribution in [-0.2, 0) is 11.2 Å². The first-order valence-electron chi connectivity index (χ1n) is 7.04. The molecule has 2 rings (SSSR count). The van der Waals surface area contributed by atoms with Crippen molar-refractivity contribution in [3.8, 4) is 10.6 Å². The number of thiazole rings is 1. The first-order valence-corrected chi connectivity index (χ1v) is 8.49. The molecular formula is C17H23NS2. The first kappa shape index (κ1) is 15.6. The van der Waals surface area contributed by atoms with Crippen molar-refractivity contribution in [1.29, 1.82) is 0 Å². The minimum absolute atomic E-state index is 0.195. The Morgan fingerprint density at radius 3 is 2.15 bits per heavy atom. The predicted molar refractivity (Wildman–Crippen MR) is 93.0 cm³/mol. The molecule has 3 heteroatoms. The fourth-order valence-electron chi connectivity index (χ4n) is 2.16. The Bertz CT molecular complexity index is 574. The number of hydrogen-bond acceptors (Lipinski definition) is 3. The summed E-state index contributed by atoms with van der Waals surface area (Å²) < 4.78 is 0. The Balaban J connectivity index is 2.37. The second-order valence-corrected chi connectivity index (χ2v) is 7.87. The van der Waals surface area contributed by atoms with Crippen molar-refractivity contribution in [2.24, 2.45) is 0 Å². The Morgan fingerprint density at radius 1 is 1.15 bits per heavy atom. The minimum atomic E-state index is 0.195. The van der Waals surface area contributed by atoms with Crippen LogP contribution in [0, 0.1) is 0 Å². The molecule has 0 spiro atoms. The van der Waals surface area contributed by atoms with Crippen LogP contribution in [0.5, 0.6) is 0 Å². The van der Waals surface area contributed by atoms with Gasteiger partial charge in [-0.1, -0.05) is 58.9 Å². The third-order valence-electron chi connectivity index (χ3n) is 3.42. The molecule has 0 radical (unpaired) electrons. The molecule has 0 saturated carbocycles. The zero-order valence-electron chi connectivity index (χ0n) is 12.9. The van der Waals surface area contributed by atoms with Crippen LogP contribution >= 0.6 is 24.0 Å². The SMILES string of the molecule is CC(C)c1nc(-c2ccc(C(C)(C)C)cc2)sc1CS. The maximum atomic E-state index is 4.81. The molecule has 20 heavy (non-hydrogen) atoms. The molecule has 1 nitrogen and oxygen atoms in total. The molecule has 2 aromatic rings. The van der Waals surface area contributed by atoms with Gasteiger partial charge in [0, 0.05) is 16.2 Å². The van der Waals surface area contributed by atoms with Crippen molar-refractivity contribution >= 4 is 24.0 Å². The third-order valence-corrected chi connectivity index (χ3v) is 5.07. The van der Waals surface area contributed by atoms with E-state index in [0.29, 0.717) is 5.92 Å². The standard InChI is InChI=1S/C17H23NS2/c1-11(2)15-14(10-19)20-16(18-15)12-6-8-13(9-7-12)17(3,4)5/h6-9,11,19H,10H2,1-5H3. The molecule has 0 amide bonds. The van der Waals surface area contributed by atoms with Gasteiger partial charge >= 0.3 is 0 Å². The Kier molecular flexibility index (Phi) is 4.60. The molecule has 0 bridgehead atoms. The van der Waals surface area contributed by atoms with E-state index in [-0.39, 0.29) is 5.41 Å². The van der Waals surface area contributed by atoms with Gasteiger partial charge in [-0.3, -0.25) is 0 Å². The van der Waals surface area contributed by atoms with Crippen molar-refractivity contribution in [3.05, 3.63) is 40.4 Å². The maximum absolute atomic E-state index is 4.81. The van der Waals surface area contributed by atoms with Crippen LogP contribution in [-0.4, -0.2) is 4.98 Å². The highest BCUT2D eigenvalue weighted by Crippen LogP contribution is 2.33. The molecule has 0 unspecified atom stereocenters. The summed E-state index contributed by atoms with van der Waals surface area (Å²) in [6.07, 6.45) is 0. The van der Waals surface area contributed by atoms with Crippen LogP contribution in [0.4, 0.5) is 0 Å². The van der Waals surface area contributed by atoms with Gasteiger partial charge in [0.25, 0.3) is 0 Å². The van der Waals surface area contributed by atoms with Gasteiger partial charge in [-0.05, 0) is 16.9 Å². The molecule has 0 aliphatic heterocycles. The van der Waals surface area contributed by atoms with E-state index in [9.17, 15) is 0 Å². The summed E-state index contributed by atoms with van der Waals surface area (Å²) in [5.74, 6) is 1.22. The van der Waals surface area contributed by atoms with Crippen molar-refractivity contribution < 1.29 is 0 Å². The monoisotopic (exact) mass is 305 g/mol. The highest BCUT2D eigenvalue weighted by Gasteiger charge is 2.16. The lowest BCUT2D eigenvalue weighted by Crippen LogP contribution is -2.10. The second-order valence-electron chi connectivity index (χ2n) is 6.47. The fraction of sp³-hybridized carbons (Fsp3) is 0.471. The van der Waals surface area contributed by atoms with Gasteiger partial charge < -0.3 is 0 Å². The summed E-state index contributed by atoms with van der Waals surface area (Å²) in [7, 11) is 0. The number of benzene rings is 1. The zero-order chi connectivity index (χ0) is 14.9. The van der Waals surface area contributed by atoms with E-state index < -0.39 is 0 Å². The molecular weight excluding hydrogens is 282 g/mol. The van der Waals surface area contributed by atoms with E-state index in [2.05, 4.69) is 71.5 Å². The summed E-state index contributed by atoms with van der Waals surface area (Å²) >= 11 is 6.19. The molecule has 0 saturated heterocycles. The van der Waals surface area contributed by atoms with Crippen LogP contribution < -0.4 is 0 Å². The number of thiol groups is 1. The largest absolute Gasteiger partial charge is 0.241 e. The average Bonchev–Trinajstić information content (AvgIpc) is 2.82. The highest BCUT2D eigenvalue weighted by molar-refractivity contribution is 7.79. The van der Waals surface area contributed by atoms with E-state index in [1.54, 1.807) is 11.3 Å². The van der Waals surface area contributed by atoms with Crippen LogP contribution in [0.25, 0.3) is 10.6 Å². The van der Waals surface area contributed by atoms with E-state index in [4.69, 9.17) is 4.98 Å². The minimum Gasteiger partial charge on any atom is -0.241 e. The molecule has 0 atom stereocenters. The van der Waals surface area contributed by atoms with Crippen molar-refractivity contribution in [2.75, 3.05) is 0 Å². The molecule has 1 heterocycles. The molecule has 0 aliphatic carbocycles. The summed E-state index contributed by atoms with van der Waals surface area (Å²) in [6.45, 7) is 11.1. The molecule has 0 fully saturated rings. The van der Waals surface area contributed by atoms with Crippen LogP contribution in [0.3, 0.4) is 0 Å². The Labute approximate surface area is 131 Å². The lowest BCUT2D eigenvalue weighted by atomic mass is 9.87. The Morgan fingerprint density at radius 2 is 1.75 bits per heavy atom. The average molecular weight is 306 g/mol. The lowest BCUT2D eigenvalue weighted by molar-refractivity contribution is 0.590. The van der Waals surface area contributed by atoms with Crippen molar-refractivity contribution in [2.45, 2.75) is 51.7 Å². The fourth-order valence-corrected chi connectivity index (χ4v) is 3.60. The maximum Gasteiger partial charge on any atom is 0.123 e. The van der Waals surface area contributed by atoms with Gasteiger partial charge in [0.15, 0.2) is 0 Å². The van der Waals surface area contributed by atoms with Gasteiger partial charge in [-0.2, -0.15) is 12.6 Å². The van der Waals surface area contributed by atoms with Gasteiger partial charge in [0.2, 0.25) is 0 Å². The molecule has 0 aliphatic rings. The van der Waals surface area contributed by atoms with E-state index in [1.165, 1.54) is 21.7 Å². The zero-order valence-corrected chi connectivity index (χ0v) is 14.6. The van der Waals surface area contributed by atoms with Crippen LogP contribution in [0.15, 0.2) is 24.3 Å². The van der Waals surface area contributed by atoms with Crippen LogP contribution in [0.2, 0.25) is 0 Å². The predicted octanol–water partition coefficient (Wildman–Crippen LogP) is 5.66. The lowest BCUT2D eigenvalue weighted by Gasteiger charge is -2.18. The number of aromatic nitrogens is 1. The quantitative estimate of drug-likeness (QED) is 0.722. The number of rotatable bonds is 3. The second kappa shape index (κ2) is 5.90. The van der Waals surface area contributed by atoms with Gasteiger partial charge in [0.05, 0.1) is 5.69 Å². The molecule has 1 aromatic heterocycles. The van der Waals surface area contributed by atoms with E-state index >= 15 is 0 Å². The van der Waals surface area contributed by atoms with Gasteiger partial charge in [-0.15, -0.1) is 11.3 Å². The number of hydrogen-bond donors (Lipinski definition) is 1. The third kappa shape index (κ3) is 3.26. The summed E-state index contributed by atoms with van der Waals surface area (Å²) in [6, 6.07) is 8.80.